The molecule has 7 heteroatoms. The van der Waals surface area contributed by atoms with Crippen LogP contribution in [0, 0.1) is 0 Å². The Balaban J connectivity index is 2.08. The number of aromatic nitrogens is 1. The SMILES string of the molecule is CCOC(=O)c1c(-c2cccc(Cl)c2)c(CNC)n2c1-c1cc(OC)c(OC)cc1CC2. The first-order valence-corrected chi connectivity index (χ1v) is 11.0. The van der Waals surface area contributed by atoms with Gasteiger partial charge in [-0.25, -0.2) is 4.79 Å². The number of rotatable bonds is 7. The molecule has 1 aliphatic rings. The van der Waals surface area contributed by atoms with Gasteiger partial charge in [-0.3, -0.25) is 0 Å². The lowest BCUT2D eigenvalue weighted by Gasteiger charge is -2.24. The average Bonchev–Trinajstić information content (AvgIpc) is 3.13. The van der Waals surface area contributed by atoms with Crippen LogP contribution in [0.25, 0.3) is 22.4 Å². The summed E-state index contributed by atoms with van der Waals surface area (Å²) in [5.41, 5.74) is 6.19. The minimum absolute atomic E-state index is 0.290. The highest BCUT2D eigenvalue weighted by Gasteiger charge is 2.33. The molecule has 1 N–H and O–H groups in total. The van der Waals surface area contributed by atoms with Gasteiger partial charge in [0.1, 0.15) is 0 Å². The monoisotopic (exact) mass is 454 g/mol. The van der Waals surface area contributed by atoms with Crippen LogP contribution in [0.15, 0.2) is 36.4 Å². The second kappa shape index (κ2) is 9.27. The number of nitrogens with zero attached hydrogens (tertiary/aromatic N) is 1. The van der Waals surface area contributed by atoms with E-state index in [0.717, 1.165) is 46.6 Å². The molecule has 2 aromatic carbocycles. The fraction of sp³-hybridized carbons (Fsp3) is 0.320. The Labute approximate surface area is 193 Å². The molecule has 0 fully saturated rings. The van der Waals surface area contributed by atoms with Gasteiger partial charge in [0, 0.05) is 34.9 Å². The summed E-state index contributed by atoms with van der Waals surface area (Å²) in [6, 6.07) is 11.5. The number of hydrogen-bond donors (Lipinski definition) is 1. The summed E-state index contributed by atoms with van der Waals surface area (Å²) in [7, 11) is 5.14. The number of esters is 1. The van der Waals surface area contributed by atoms with Crippen LogP contribution in [0.4, 0.5) is 0 Å². The standard InChI is InChI=1S/C25H27ClN2O4/c1-5-32-25(29)23-22(16-7-6-8-17(26)11-16)19(14-27-2)28-10-9-15-12-20(30-3)21(31-4)13-18(15)24(23)28/h6-8,11-13,27H,5,9-10,14H2,1-4H3. The zero-order valence-electron chi connectivity index (χ0n) is 18.8. The van der Waals surface area contributed by atoms with Gasteiger partial charge in [-0.15, -0.1) is 0 Å². The maximum absolute atomic E-state index is 13.4. The number of carbonyl (C=O) groups is 1. The van der Waals surface area contributed by atoms with E-state index in [4.69, 9.17) is 25.8 Å². The van der Waals surface area contributed by atoms with Crippen molar-refractivity contribution in [3.63, 3.8) is 0 Å². The molecule has 1 aromatic heterocycles. The Morgan fingerprint density at radius 1 is 1.16 bits per heavy atom. The first-order chi connectivity index (χ1) is 15.5. The smallest absolute Gasteiger partial charge is 0.340 e. The number of nitrogens with one attached hydrogen (secondary N) is 1. The maximum Gasteiger partial charge on any atom is 0.340 e. The van der Waals surface area contributed by atoms with E-state index in [9.17, 15) is 4.79 Å². The van der Waals surface area contributed by atoms with Gasteiger partial charge in [0.25, 0.3) is 0 Å². The van der Waals surface area contributed by atoms with Crippen LogP contribution in [0.1, 0.15) is 28.5 Å². The molecule has 0 saturated carbocycles. The van der Waals surface area contributed by atoms with E-state index in [1.165, 1.54) is 0 Å². The number of hydrogen-bond acceptors (Lipinski definition) is 5. The summed E-state index contributed by atoms with van der Waals surface area (Å²) in [5, 5.41) is 3.87. The van der Waals surface area contributed by atoms with Crippen molar-refractivity contribution in [3.8, 4) is 33.9 Å². The largest absolute Gasteiger partial charge is 0.493 e. The molecule has 2 heterocycles. The second-order valence-electron chi connectivity index (χ2n) is 7.57. The molecule has 0 atom stereocenters. The third-order valence-electron chi connectivity index (χ3n) is 5.78. The topological polar surface area (TPSA) is 61.7 Å². The molecule has 3 aromatic rings. The van der Waals surface area contributed by atoms with Gasteiger partial charge in [-0.05, 0) is 55.8 Å². The van der Waals surface area contributed by atoms with Gasteiger partial charge in [0.2, 0.25) is 0 Å². The maximum atomic E-state index is 13.4. The van der Waals surface area contributed by atoms with Gasteiger partial charge in [0.05, 0.1) is 32.1 Å². The average molecular weight is 455 g/mol. The highest BCUT2D eigenvalue weighted by molar-refractivity contribution is 6.31. The quantitative estimate of drug-likeness (QED) is 0.512. The van der Waals surface area contributed by atoms with Crippen LogP contribution < -0.4 is 14.8 Å². The third kappa shape index (κ3) is 3.74. The lowest BCUT2D eigenvalue weighted by molar-refractivity contribution is 0.0528. The molecule has 6 nitrogen and oxygen atoms in total. The minimum Gasteiger partial charge on any atom is -0.493 e. The van der Waals surface area contributed by atoms with Crippen LogP contribution >= 0.6 is 11.6 Å². The van der Waals surface area contributed by atoms with Gasteiger partial charge in [-0.2, -0.15) is 0 Å². The van der Waals surface area contributed by atoms with Crippen LogP contribution in [0.2, 0.25) is 5.02 Å². The molecule has 0 bridgehead atoms. The number of ether oxygens (including phenoxy) is 3. The van der Waals surface area contributed by atoms with Gasteiger partial charge in [-0.1, -0.05) is 23.7 Å². The summed E-state index contributed by atoms with van der Waals surface area (Å²) >= 11 is 6.33. The van der Waals surface area contributed by atoms with E-state index in [0.29, 0.717) is 35.2 Å². The summed E-state index contributed by atoms with van der Waals surface area (Å²) in [5.74, 6) is 0.945. The summed E-state index contributed by atoms with van der Waals surface area (Å²) in [4.78, 5) is 13.4. The molecule has 0 saturated heterocycles. The van der Waals surface area contributed by atoms with Crippen LogP contribution in [-0.2, 0) is 24.2 Å². The van der Waals surface area contributed by atoms with E-state index in [1.54, 1.807) is 14.2 Å². The van der Waals surface area contributed by atoms with E-state index in [2.05, 4.69) is 9.88 Å². The molecule has 168 valence electrons. The number of benzene rings is 2. The van der Waals surface area contributed by atoms with Crippen LogP contribution in [0.3, 0.4) is 0 Å². The first kappa shape index (κ1) is 22.2. The van der Waals surface area contributed by atoms with Gasteiger partial charge >= 0.3 is 5.97 Å². The van der Waals surface area contributed by atoms with Gasteiger partial charge < -0.3 is 24.1 Å². The zero-order valence-corrected chi connectivity index (χ0v) is 19.5. The number of methoxy groups -OCH3 is 2. The number of halogens is 1. The fourth-order valence-corrected chi connectivity index (χ4v) is 4.67. The summed E-state index contributed by atoms with van der Waals surface area (Å²) in [6.07, 6.45) is 0.811. The van der Waals surface area contributed by atoms with Crippen molar-refractivity contribution in [1.29, 1.82) is 0 Å². The van der Waals surface area contributed by atoms with E-state index in [-0.39, 0.29) is 5.97 Å². The molecule has 0 unspecified atom stereocenters. The molecular formula is C25H27ClN2O4. The Bertz CT molecular complexity index is 1170. The lowest BCUT2D eigenvalue weighted by Crippen LogP contribution is -2.17. The first-order valence-electron chi connectivity index (χ1n) is 10.6. The molecule has 0 radical (unpaired) electrons. The van der Waals surface area contributed by atoms with Crippen molar-refractivity contribution in [2.45, 2.75) is 26.4 Å². The van der Waals surface area contributed by atoms with Gasteiger partial charge in [0.15, 0.2) is 11.5 Å². The van der Waals surface area contributed by atoms with Crippen molar-refractivity contribution >= 4 is 17.6 Å². The Kier molecular flexibility index (Phi) is 6.44. The molecule has 1 aliphatic heterocycles. The number of fused-ring (bicyclic) bond motifs is 3. The summed E-state index contributed by atoms with van der Waals surface area (Å²) < 4.78 is 18.8. The highest BCUT2D eigenvalue weighted by atomic mass is 35.5. The second-order valence-corrected chi connectivity index (χ2v) is 8.01. The Morgan fingerprint density at radius 2 is 1.91 bits per heavy atom. The minimum atomic E-state index is -0.351. The van der Waals surface area contributed by atoms with E-state index in [1.807, 2.05) is 50.4 Å². The van der Waals surface area contributed by atoms with Crippen molar-refractivity contribution in [2.75, 3.05) is 27.9 Å². The molecular weight excluding hydrogens is 428 g/mol. The molecule has 0 aliphatic carbocycles. The number of carbonyl (C=O) groups excluding carboxylic acids is 1. The van der Waals surface area contributed by atoms with Crippen molar-refractivity contribution < 1.29 is 19.0 Å². The van der Waals surface area contributed by atoms with Crippen molar-refractivity contribution in [2.24, 2.45) is 0 Å². The zero-order chi connectivity index (χ0) is 22.8. The van der Waals surface area contributed by atoms with Crippen molar-refractivity contribution in [1.82, 2.24) is 9.88 Å². The summed E-state index contributed by atoms with van der Waals surface area (Å²) in [6.45, 7) is 3.44. The predicted molar refractivity (Wildman–Crippen MR) is 126 cm³/mol. The van der Waals surface area contributed by atoms with Crippen LogP contribution in [-0.4, -0.2) is 38.4 Å². The Morgan fingerprint density at radius 3 is 2.56 bits per heavy atom. The number of aryl methyl sites for hydroxylation is 1. The van der Waals surface area contributed by atoms with Crippen LogP contribution in [0.5, 0.6) is 11.5 Å². The normalized spacial score (nSPS) is 12.2. The lowest BCUT2D eigenvalue weighted by atomic mass is 9.93. The van der Waals surface area contributed by atoms with E-state index < -0.39 is 0 Å². The highest BCUT2D eigenvalue weighted by Crippen LogP contribution is 2.45. The van der Waals surface area contributed by atoms with E-state index >= 15 is 0 Å². The predicted octanol–water partition coefficient (Wildman–Crippen LogP) is 4.94. The molecule has 0 spiro atoms. The Hall–Kier alpha value is -2.96. The molecule has 32 heavy (non-hydrogen) atoms. The fourth-order valence-electron chi connectivity index (χ4n) is 4.48. The third-order valence-corrected chi connectivity index (χ3v) is 6.01. The molecule has 4 rings (SSSR count). The van der Waals surface area contributed by atoms with Crippen molar-refractivity contribution in [3.05, 3.63) is 58.2 Å². The molecule has 0 amide bonds.